The first-order valence-electron chi connectivity index (χ1n) is 6.12. The van der Waals surface area contributed by atoms with Crippen LogP contribution in [-0.4, -0.2) is 15.0 Å². The van der Waals surface area contributed by atoms with Gasteiger partial charge in [-0.2, -0.15) is 0 Å². The molecule has 0 fully saturated rings. The van der Waals surface area contributed by atoms with Crippen LogP contribution in [-0.2, 0) is 5.75 Å². The maximum absolute atomic E-state index is 6.19. The predicted octanol–water partition coefficient (Wildman–Crippen LogP) is 4.13. The van der Waals surface area contributed by atoms with Crippen LogP contribution >= 0.6 is 34.7 Å². The Labute approximate surface area is 135 Å². The summed E-state index contributed by atoms with van der Waals surface area (Å²) >= 11 is 9.29. The topological polar surface area (TPSA) is 64.7 Å². The molecule has 106 valence electrons. The number of nitrogens with zero attached hydrogens (tertiary/aromatic N) is 3. The Bertz CT molecular complexity index is 760. The second-order valence-electron chi connectivity index (χ2n) is 4.16. The largest absolute Gasteiger partial charge is 0.381 e. The van der Waals surface area contributed by atoms with Crippen LogP contribution in [0.5, 0.6) is 0 Å². The SMILES string of the molecule is Nc1nccnc1SCc1csc(-c2ccccc2Cl)n1. The Morgan fingerprint density at radius 1 is 1.19 bits per heavy atom. The van der Waals surface area contributed by atoms with Gasteiger partial charge >= 0.3 is 0 Å². The molecule has 1 aromatic carbocycles. The van der Waals surface area contributed by atoms with Crippen LogP contribution in [0.2, 0.25) is 5.02 Å². The van der Waals surface area contributed by atoms with E-state index in [2.05, 4.69) is 15.0 Å². The monoisotopic (exact) mass is 334 g/mol. The lowest BCUT2D eigenvalue weighted by Crippen LogP contribution is -1.95. The van der Waals surface area contributed by atoms with Crippen molar-refractivity contribution in [3.05, 3.63) is 52.8 Å². The first-order chi connectivity index (χ1) is 10.2. The molecular formula is C14H11ClN4S2. The second kappa shape index (κ2) is 6.43. The molecule has 2 N–H and O–H groups in total. The summed E-state index contributed by atoms with van der Waals surface area (Å²) in [5, 5.41) is 4.38. The number of halogens is 1. The highest BCUT2D eigenvalue weighted by Crippen LogP contribution is 2.32. The summed E-state index contributed by atoms with van der Waals surface area (Å²) in [5.41, 5.74) is 7.71. The van der Waals surface area contributed by atoms with Gasteiger partial charge in [-0.25, -0.2) is 15.0 Å². The third-order valence-electron chi connectivity index (χ3n) is 2.70. The molecule has 2 aromatic heterocycles. The van der Waals surface area contributed by atoms with Crippen LogP contribution in [0.25, 0.3) is 10.6 Å². The third-order valence-corrected chi connectivity index (χ3v) is 4.99. The van der Waals surface area contributed by atoms with Crippen LogP contribution < -0.4 is 5.73 Å². The first-order valence-corrected chi connectivity index (χ1v) is 8.37. The minimum absolute atomic E-state index is 0.448. The summed E-state index contributed by atoms with van der Waals surface area (Å²) in [6.07, 6.45) is 3.21. The van der Waals surface area contributed by atoms with E-state index < -0.39 is 0 Å². The molecule has 0 amide bonds. The van der Waals surface area contributed by atoms with Crippen LogP contribution in [0.3, 0.4) is 0 Å². The average molecular weight is 335 g/mol. The number of benzene rings is 1. The number of rotatable bonds is 4. The van der Waals surface area contributed by atoms with Gasteiger partial charge in [0.15, 0.2) is 5.82 Å². The van der Waals surface area contributed by atoms with Crippen LogP contribution in [0.1, 0.15) is 5.69 Å². The minimum atomic E-state index is 0.448. The van der Waals surface area contributed by atoms with Crippen LogP contribution in [0.4, 0.5) is 5.82 Å². The summed E-state index contributed by atoms with van der Waals surface area (Å²) in [6, 6.07) is 7.70. The zero-order valence-electron chi connectivity index (χ0n) is 10.9. The van der Waals surface area contributed by atoms with Gasteiger partial charge in [0.25, 0.3) is 0 Å². The van der Waals surface area contributed by atoms with Crippen molar-refractivity contribution in [3.63, 3.8) is 0 Å². The zero-order chi connectivity index (χ0) is 14.7. The molecule has 7 heteroatoms. The molecule has 3 rings (SSSR count). The summed E-state index contributed by atoms with van der Waals surface area (Å²) in [7, 11) is 0. The van der Waals surface area contributed by atoms with E-state index in [0.717, 1.165) is 21.3 Å². The molecule has 4 nitrogen and oxygen atoms in total. The summed E-state index contributed by atoms with van der Waals surface area (Å²) in [5.74, 6) is 1.15. The predicted molar refractivity (Wildman–Crippen MR) is 88.6 cm³/mol. The van der Waals surface area contributed by atoms with E-state index in [1.54, 1.807) is 23.7 Å². The third kappa shape index (κ3) is 3.34. The average Bonchev–Trinajstić information content (AvgIpc) is 2.96. The highest BCUT2D eigenvalue weighted by Gasteiger charge is 2.09. The summed E-state index contributed by atoms with van der Waals surface area (Å²) in [6.45, 7) is 0. The van der Waals surface area contributed by atoms with Crippen molar-refractivity contribution in [2.45, 2.75) is 10.8 Å². The molecule has 0 radical (unpaired) electrons. The molecule has 3 aromatic rings. The molecular weight excluding hydrogens is 324 g/mol. The molecule has 0 bridgehead atoms. The smallest absolute Gasteiger partial charge is 0.156 e. The maximum Gasteiger partial charge on any atom is 0.156 e. The van der Waals surface area contributed by atoms with E-state index in [-0.39, 0.29) is 0 Å². The Morgan fingerprint density at radius 3 is 2.81 bits per heavy atom. The van der Waals surface area contributed by atoms with Crippen molar-refractivity contribution in [2.24, 2.45) is 0 Å². The van der Waals surface area contributed by atoms with E-state index in [0.29, 0.717) is 16.6 Å². The van der Waals surface area contributed by atoms with Crippen molar-refractivity contribution < 1.29 is 0 Å². The fraction of sp³-hybridized carbons (Fsp3) is 0.0714. The Balaban J connectivity index is 1.74. The standard InChI is InChI=1S/C14H11ClN4S2/c15-11-4-2-1-3-10(11)13-19-9(7-20-13)8-21-14-12(16)17-5-6-18-14/h1-7H,8H2,(H2,16,17). The van der Waals surface area contributed by atoms with Crippen molar-refractivity contribution in [3.8, 4) is 10.6 Å². The van der Waals surface area contributed by atoms with E-state index in [9.17, 15) is 0 Å². The van der Waals surface area contributed by atoms with Gasteiger partial charge in [-0.1, -0.05) is 41.6 Å². The number of aromatic nitrogens is 3. The maximum atomic E-state index is 6.19. The van der Waals surface area contributed by atoms with Gasteiger partial charge < -0.3 is 5.73 Å². The van der Waals surface area contributed by atoms with E-state index >= 15 is 0 Å². The van der Waals surface area contributed by atoms with Crippen molar-refractivity contribution in [2.75, 3.05) is 5.73 Å². The Morgan fingerprint density at radius 2 is 2.00 bits per heavy atom. The van der Waals surface area contributed by atoms with Crippen LogP contribution in [0, 0.1) is 0 Å². The van der Waals surface area contributed by atoms with E-state index in [1.165, 1.54) is 11.8 Å². The molecule has 0 aliphatic rings. The highest BCUT2D eigenvalue weighted by molar-refractivity contribution is 7.98. The summed E-state index contributed by atoms with van der Waals surface area (Å²) in [4.78, 5) is 12.8. The lowest BCUT2D eigenvalue weighted by molar-refractivity contribution is 1.07. The molecule has 0 unspecified atom stereocenters. The number of hydrogen-bond donors (Lipinski definition) is 1. The zero-order valence-corrected chi connectivity index (χ0v) is 13.3. The fourth-order valence-corrected chi connectivity index (χ4v) is 3.74. The molecule has 0 aliphatic carbocycles. The molecule has 0 atom stereocenters. The molecule has 21 heavy (non-hydrogen) atoms. The van der Waals surface area contributed by atoms with Gasteiger partial charge in [-0.15, -0.1) is 11.3 Å². The van der Waals surface area contributed by atoms with Crippen molar-refractivity contribution >= 4 is 40.5 Å². The highest BCUT2D eigenvalue weighted by atomic mass is 35.5. The van der Waals surface area contributed by atoms with Gasteiger partial charge in [-0.3, -0.25) is 0 Å². The van der Waals surface area contributed by atoms with E-state index in [4.69, 9.17) is 17.3 Å². The van der Waals surface area contributed by atoms with E-state index in [1.807, 2.05) is 29.6 Å². The molecule has 0 saturated carbocycles. The van der Waals surface area contributed by atoms with Gasteiger partial charge in [0.2, 0.25) is 0 Å². The Hall–Kier alpha value is -1.63. The molecule has 0 spiro atoms. The molecule has 0 saturated heterocycles. The molecule has 2 heterocycles. The second-order valence-corrected chi connectivity index (χ2v) is 6.39. The van der Waals surface area contributed by atoms with Gasteiger partial charge in [0.05, 0.1) is 10.7 Å². The molecule has 0 aliphatic heterocycles. The lowest BCUT2D eigenvalue weighted by atomic mass is 10.2. The number of nitrogen functional groups attached to an aromatic ring is 1. The number of thioether (sulfide) groups is 1. The van der Waals surface area contributed by atoms with Crippen LogP contribution in [0.15, 0.2) is 47.1 Å². The number of anilines is 1. The Kier molecular flexibility index (Phi) is 4.38. The van der Waals surface area contributed by atoms with Crippen molar-refractivity contribution in [1.82, 2.24) is 15.0 Å². The quantitative estimate of drug-likeness (QED) is 0.727. The number of nitrogens with two attached hydrogens (primary N) is 1. The first kappa shape index (κ1) is 14.3. The van der Waals surface area contributed by atoms with Gasteiger partial charge in [0.1, 0.15) is 10.0 Å². The number of hydrogen-bond acceptors (Lipinski definition) is 6. The summed E-state index contributed by atoms with van der Waals surface area (Å²) < 4.78 is 0. The normalized spacial score (nSPS) is 10.7. The van der Waals surface area contributed by atoms with Gasteiger partial charge in [0, 0.05) is 29.1 Å². The lowest BCUT2D eigenvalue weighted by Gasteiger charge is -2.01. The van der Waals surface area contributed by atoms with Crippen molar-refractivity contribution in [1.29, 1.82) is 0 Å². The number of thiazole rings is 1. The fourth-order valence-electron chi connectivity index (χ4n) is 1.72. The minimum Gasteiger partial charge on any atom is -0.381 e. The van der Waals surface area contributed by atoms with Gasteiger partial charge in [-0.05, 0) is 6.07 Å².